The van der Waals surface area contributed by atoms with Crippen LogP contribution >= 0.6 is 12.6 Å². The van der Waals surface area contributed by atoms with E-state index in [9.17, 15) is 5.11 Å². The van der Waals surface area contributed by atoms with Crippen molar-refractivity contribution in [3.63, 3.8) is 0 Å². The highest BCUT2D eigenvalue weighted by molar-refractivity contribution is 7.80. The topological polar surface area (TPSA) is 105 Å². The van der Waals surface area contributed by atoms with E-state index in [1.165, 1.54) is 18.3 Å². The molecule has 0 saturated carbocycles. The summed E-state index contributed by atoms with van der Waals surface area (Å²) in [5, 5.41) is 18.8. The van der Waals surface area contributed by atoms with Crippen LogP contribution in [0.15, 0.2) is 34.4 Å². The Kier molecular flexibility index (Phi) is 3.33. The average molecular weight is 262 g/mol. The lowest BCUT2D eigenvalue weighted by Crippen LogP contribution is -1.94. The van der Waals surface area contributed by atoms with Crippen LogP contribution in [-0.2, 0) is 0 Å². The molecule has 1 heterocycles. The second kappa shape index (κ2) is 4.92. The van der Waals surface area contributed by atoms with Crippen LogP contribution in [-0.4, -0.2) is 26.4 Å². The molecule has 0 aliphatic rings. The maximum Gasteiger partial charge on any atom is 0.243 e. The monoisotopic (exact) mass is 262 g/mol. The van der Waals surface area contributed by atoms with Crippen LogP contribution in [0, 0.1) is 0 Å². The number of benzene rings is 1. The Labute approximate surface area is 108 Å². The average Bonchev–Trinajstić information content (AvgIpc) is 2.30. The van der Waals surface area contributed by atoms with Gasteiger partial charge in [-0.3, -0.25) is 0 Å². The number of nitrogen functional groups attached to an aromatic ring is 1. The summed E-state index contributed by atoms with van der Waals surface area (Å²) in [7, 11) is 0. The number of aromatic hydroxyl groups is 2. The molecule has 0 spiro atoms. The van der Waals surface area contributed by atoms with Gasteiger partial charge in [0.25, 0.3) is 0 Å². The normalized spacial score (nSPS) is 10.9. The van der Waals surface area contributed by atoms with Crippen molar-refractivity contribution in [3.05, 3.63) is 29.8 Å². The molecule has 7 heteroatoms. The molecule has 4 N–H and O–H groups in total. The highest BCUT2D eigenvalue weighted by Gasteiger charge is 2.08. The fourth-order valence-corrected chi connectivity index (χ4v) is 1.47. The van der Waals surface area contributed by atoms with E-state index in [4.69, 9.17) is 10.8 Å². The molecule has 0 amide bonds. The van der Waals surface area contributed by atoms with Crippen LogP contribution in [0.5, 0.6) is 11.6 Å². The first-order chi connectivity index (χ1) is 8.56. The lowest BCUT2D eigenvalue weighted by Gasteiger charge is -2.02. The fraction of sp³-hybridized carbons (Fsp3) is 0. The summed E-state index contributed by atoms with van der Waals surface area (Å²) in [5.74, 6) is -0.123. The molecule has 92 valence electrons. The lowest BCUT2D eigenvalue weighted by atomic mass is 10.2. The van der Waals surface area contributed by atoms with Gasteiger partial charge in [0.1, 0.15) is 5.75 Å². The predicted molar refractivity (Wildman–Crippen MR) is 70.7 cm³/mol. The molecule has 18 heavy (non-hydrogen) atoms. The van der Waals surface area contributed by atoms with Gasteiger partial charge in [-0.1, -0.05) is 0 Å². The Morgan fingerprint density at radius 2 is 1.83 bits per heavy atom. The molecule has 2 aromatic rings. The number of nitrogens with two attached hydrogens (primary N) is 1. The molecule has 2 rings (SSSR count). The number of hydrogen-bond acceptors (Lipinski definition) is 7. The largest absolute Gasteiger partial charge is 0.508 e. The van der Waals surface area contributed by atoms with Crippen LogP contribution in [0.4, 0.5) is 11.5 Å². The van der Waals surface area contributed by atoms with Crippen LogP contribution in [0.3, 0.4) is 0 Å². The van der Waals surface area contributed by atoms with Gasteiger partial charge < -0.3 is 15.9 Å². The molecule has 0 aliphatic heterocycles. The van der Waals surface area contributed by atoms with E-state index in [0.717, 1.165) is 5.56 Å². The summed E-state index contributed by atoms with van der Waals surface area (Å²) >= 11 is 3.88. The number of phenolic OH excluding ortho intramolecular Hbond substituents is 1. The molecule has 0 unspecified atom stereocenters. The zero-order chi connectivity index (χ0) is 13.1. The Morgan fingerprint density at radius 3 is 2.44 bits per heavy atom. The Hall–Kier alpha value is -2.28. The maximum atomic E-state index is 9.56. The van der Waals surface area contributed by atoms with Crippen LogP contribution < -0.4 is 5.73 Å². The molecule has 0 saturated heterocycles. The molecule has 0 radical (unpaired) electrons. The van der Waals surface area contributed by atoms with Gasteiger partial charge in [0.05, 0.1) is 0 Å². The summed E-state index contributed by atoms with van der Waals surface area (Å²) in [6.45, 7) is 0. The third kappa shape index (κ3) is 2.69. The third-order valence-electron chi connectivity index (χ3n) is 2.12. The van der Waals surface area contributed by atoms with E-state index in [1.54, 1.807) is 12.1 Å². The molecule has 0 fully saturated rings. The summed E-state index contributed by atoms with van der Waals surface area (Å²) in [4.78, 5) is 11.4. The SMILES string of the molecule is Nc1nc(S)nc(O)c1/N=C/c1ccc(O)cc1. The van der Waals surface area contributed by atoms with Gasteiger partial charge in [0, 0.05) is 6.21 Å². The van der Waals surface area contributed by atoms with E-state index in [2.05, 4.69) is 27.6 Å². The van der Waals surface area contributed by atoms with Crippen molar-refractivity contribution in [1.82, 2.24) is 9.97 Å². The standard InChI is InChI=1S/C11H10N4O2S/c12-9-8(10(17)15-11(18)14-9)13-5-6-1-3-7(16)4-2-6/h1-5,16H,(H4,12,14,15,17,18)/b13-5+. The minimum absolute atomic E-state index is 0.0440. The second-order valence-corrected chi connectivity index (χ2v) is 3.83. The molecular weight excluding hydrogens is 252 g/mol. The van der Waals surface area contributed by atoms with Crippen molar-refractivity contribution < 1.29 is 10.2 Å². The van der Waals surface area contributed by atoms with Gasteiger partial charge in [-0.2, -0.15) is 4.98 Å². The van der Waals surface area contributed by atoms with Crippen molar-refractivity contribution in [2.24, 2.45) is 4.99 Å². The first-order valence-corrected chi connectivity index (χ1v) is 5.39. The maximum absolute atomic E-state index is 9.56. The molecule has 0 atom stereocenters. The Balaban J connectivity index is 2.31. The van der Waals surface area contributed by atoms with Crippen LogP contribution in [0.1, 0.15) is 5.56 Å². The molecule has 1 aromatic carbocycles. The Bertz CT molecular complexity index is 575. The summed E-state index contributed by atoms with van der Waals surface area (Å²) < 4.78 is 0. The Morgan fingerprint density at radius 1 is 1.17 bits per heavy atom. The van der Waals surface area contributed by atoms with Gasteiger partial charge in [-0.05, 0) is 29.8 Å². The number of aliphatic imine (C=N–C) groups is 1. The van der Waals surface area contributed by atoms with E-state index in [1.807, 2.05) is 0 Å². The zero-order valence-corrected chi connectivity index (χ0v) is 10.0. The van der Waals surface area contributed by atoms with E-state index in [-0.39, 0.29) is 28.3 Å². The zero-order valence-electron chi connectivity index (χ0n) is 9.15. The summed E-state index contributed by atoms with van der Waals surface area (Å²) in [5.41, 5.74) is 6.42. The van der Waals surface area contributed by atoms with Crippen molar-refractivity contribution in [2.75, 3.05) is 5.73 Å². The van der Waals surface area contributed by atoms with E-state index >= 15 is 0 Å². The third-order valence-corrected chi connectivity index (χ3v) is 2.32. The molecule has 6 nitrogen and oxygen atoms in total. The quantitative estimate of drug-likeness (QED) is 0.373. The second-order valence-electron chi connectivity index (χ2n) is 3.43. The lowest BCUT2D eigenvalue weighted by molar-refractivity contribution is 0.448. The van der Waals surface area contributed by atoms with Gasteiger partial charge in [-0.25, -0.2) is 9.98 Å². The number of rotatable bonds is 2. The highest BCUT2D eigenvalue weighted by atomic mass is 32.1. The van der Waals surface area contributed by atoms with Gasteiger partial charge in [-0.15, -0.1) is 12.6 Å². The minimum Gasteiger partial charge on any atom is -0.508 e. The molecule has 1 aromatic heterocycles. The molecular formula is C11H10N4O2S. The van der Waals surface area contributed by atoms with E-state index < -0.39 is 0 Å². The summed E-state index contributed by atoms with van der Waals surface area (Å²) in [6.07, 6.45) is 1.48. The predicted octanol–water partition coefficient (Wildman–Crippen LogP) is 1.51. The van der Waals surface area contributed by atoms with Gasteiger partial charge in [0.2, 0.25) is 5.88 Å². The first-order valence-electron chi connectivity index (χ1n) is 4.95. The van der Waals surface area contributed by atoms with Crippen molar-refractivity contribution in [3.8, 4) is 11.6 Å². The number of nitrogens with zero attached hydrogens (tertiary/aromatic N) is 3. The fourth-order valence-electron chi connectivity index (χ4n) is 1.27. The summed E-state index contributed by atoms with van der Waals surface area (Å²) in [6, 6.07) is 6.38. The van der Waals surface area contributed by atoms with Crippen molar-refractivity contribution in [1.29, 1.82) is 0 Å². The van der Waals surface area contributed by atoms with Crippen LogP contribution in [0.25, 0.3) is 0 Å². The van der Waals surface area contributed by atoms with Crippen LogP contribution in [0.2, 0.25) is 0 Å². The molecule has 0 bridgehead atoms. The number of anilines is 1. The van der Waals surface area contributed by atoms with E-state index in [0.29, 0.717) is 0 Å². The number of hydrogen-bond donors (Lipinski definition) is 4. The minimum atomic E-state index is -0.331. The van der Waals surface area contributed by atoms with Gasteiger partial charge in [0.15, 0.2) is 16.7 Å². The van der Waals surface area contributed by atoms with Crippen molar-refractivity contribution >= 4 is 30.3 Å². The van der Waals surface area contributed by atoms with Crippen molar-refractivity contribution in [2.45, 2.75) is 5.16 Å². The smallest absolute Gasteiger partial charge is 0.243 e. The van der Waals surface area contributed by atoms with Gasteiger partial charge >= 0.3 is 0 Å². The number of thiol groups is 1. The molecule has 0 aliphatic carbocycles. The first kappa shape index (κ1) is 12.2. The highest BCUT2D eigenvalue weighted by Crippen LogP contribution is 2.29. The number of phenols is 1. The number of aromatic nitrogens is 2.